The minimum absolute atomic E-state index is 0.0625. The molecule has 0 N–H and O–H groups in total. The SMILES string of the molecule is CCCCCCCCCCCCCCCCC(=O)O[C@@H](COC(=O)CCCCCCCCCCCCCCCCCC(C)C)COC(=O)CCCCCCCCCCCCCCC(C)C. The average Bonchev–Trinajstić information content (AvgIpc) is 3.28. The Hall–Kier alpha value is -1.59. The first kappa shape index (κ1) is 63.4. The molecule has 0 radical (unpaired) electrons. The van der Waals surface area contributed by atoms with Gasteiger partial charge in [-0.2, -0.15) is 0 Å². The van der Waals surface area contributed by atoms with E-state index in [9.17, 15) is 14.4 Å². The summed E-state index contributed by atoms with van der Waals surface area (Å²) in [6.45, 7) is 11.4. The van der Waals surface area contributed by atoms with Gasteiger partial charge in [0.1, 0.15) is 13.2 Å². The zero-order chi connectivity index (χ0) is 47.5. The molecule has 0 unspecified atom stereocenters. The van der Waals surface area contributed by atoms with E-state index in [0.717, 1.165) is 69.6 Å². The van der Waals surface area contributed by atoms with E-state index in [-0.39, 0.29) is 31.1 Å². The summed E-state index contributed by atoms with van der Waals surface area (Å²) < 4.78 is 16.9. The molecule has 0 fully saturated rings. The molecule has 0 aromatic carbocycles. The molecular weight excluding hydrogens is 805 g/mol. The summed E-state index contributed by atoms with van der Waals surface area (Å²) in [5, 5.41) is 0. The lowest BCUT2D eigenvalue weighted by Gasteiger charge is -2.18. The van der Waals surface area contributed by atoms with Crippen LogP contribution in [0.1, 0.15) is 330 Å². The molecule has 0 spiro atoms. The summed E-state index contributed by atoms with van der Waals surface area (Å²) in [7, 11) is 0. The second kappa shape index (κ2) is 51.8. The number of ether oxygens (including phenoxy) is 3. The highest BCUT2D eigenvalue weighted by Gasteiger charge is 2.19. The Morgan fingerprint density at radius 3 is 0.754 bits per heavy atom. The van der Waals surface area contributed by atoms with Crippen molar-refractivity contribution in [2.45, 2.75) is 336 Å². The van der Waals surface area contributed by atoms with Gasteiger partial charge in [0.25, 0.3) is 0 Å². The second-order valence-electron chi connectivity index (χ2n) is 21.2. The maximum atomic E-state index is 12.8. The van der Waals surface area contributed by atoms with Crippen molar-refractivity contribution in [3.8, 4) is 0 Å². The standard InChI is InChI=1S/C59H114O6/c1-6-7-8-9-10-11-12-13-18-26-31-36-41-46-51-59(62)65-56(53-64-58(61)50-45-40-35-30-25-21-20-23-28-33-38-43-48-55(4)5)52-63-57(60)49-44-39-34-29-24-19-16-14-15-17-22-27-32-37-42-47-54(2)3/h54-56H,6-53H2,1-5H3/t56-/m0/s1. The molecule has 0 aliphatic carbocycles. The molecule has 0 amide bonds. The Kier molecular flexibility index (Phi) is 50.5. The van der Waals surface area contributed by atoms with Crippen molar-refractivity contribution in [2.24, 2.45) is 11.8 Å². The summed E-state index contributed by atoms with van der Waals surface area (Å²) in [6, 6.07) is 0. The van der Waals surface area contributed by atoms with E-state index in [0.29, 0.717) is 19.3 Å². The predicted octanol–water partition coefficient (Wildman–Crippen LogP) is 19.3. The largest absolute Gasteiger partial charge is 0.462 e. The normalized spacial score (nSPS) is 12.0. The third-order valence-electron chi connectivity index (χ3n) is 13.5. The molecule has 0 aromatic rings. The molecule has 0 aliphatic rings. The quantitative estimate of drug-likeness (QED) is 0.0344. The van der Waals surface area contributed by atoms with Crippen LogP contribution >= 0.6 is 0 Å². The van der Waals surface area contributed by atoms with Crippen LogP contribution in [0.3, 0.4) is 0 Å². The molecule has 0 rings (SSSR count). The minimum Gasteiger partial charge on any atom is -0.462 e. The highest BCUT2D eigenvalue weighted by atomic mass is 16.6. The zero-order valence-corrected chi connectivity index (χ0v) is 44.6. The molecule has 0 saturated heterocycles. The first-order chi connectivity index (χ1) is 31.7. The molecule has 386 valence electrons. The van der Waals surface area contributed by atoms with Gasteiger partial charge >= 0.3 is 17.9 Å². The Labute approximate surface area is 406 Å². The summed E-state index contributed by atoms with van der Waals surface area (Å²) in [6.07, 6.45) is 55.2. The van der Waals surface area contributed by atoms with Crippen LogP contribution < -0.4 is 0 Å². The average molecular weight is 920 g/mol. The van der Waals surface area contributed by atoms with Gasteiger partial charge in [0.2, 0.25) is 0 Å². The Bertz CT molecular complexity index is 993. The molecule has 0 heterocycles. The van der Waals surface area contributed by atoms with Crippen LogP contribution in [0.15, 0.2) is 0 Å². The second-order valence-corrected chi connectivity index (χ2v) is 21.2. The highest BCUT2D eigenvalue weighted by Crippen LogP contribution is 2.18. The van der Waals surface area contributed by atoms with Crippen molar-refractivity contribution in [3.63, 3.8) is 0 Å². The van der Waals surface area contributed by atoms with E-state index in [1.165, 1.54) is 218 Å². The van der Waals surface area contributed by atoms with Gasteiger partial charge in [-0.05, 0) is 31.1 Å². The highest BCUT2D eigenvalue weighted by molar-refractivity contribution is 5.71. The lowest BCUT2D eigenvalue weighted by molar-refractivity contribution is -0.167. The molecule has 1 atom stereocenters. The number of unbranched alkanes of at least 4 members (excludes halogenated alkanes) is 38. The van der Waals surface area contributed by atoms with Gasteiger partial charge in [-0.15, -0.1) is 0 Å². The van der Waals surface area contributed by atoms with Crippen LogP contribution in [0, 0.1) is 11.8 Å². The summed E-state index contributed by atoms with van der Waals surface area (Å²) in [4.78, 5) is 38.1. The van der Waals surface area contributed by atoms with Gasteiger partial charge in [-0.1, -0.05) is 291 Å². The Balaban J connectivity index is 4.28. The molecular formula is C59H114O6. The van der Waals surface area contributed by atoms with Crippen LogP contribution in [-0.4, -0.2) is 37.2 Å². The van der Waals surface area contributed by atoms with Crippen molar-refractivity contribution < 1.29 is 28.6 Å². The third-order valence-corrected chi connectivity index (χ3v) is 13.5. The third kappa shape index (κ3) is 53.2. The smallest absolute Gasteiger partial charge is 0.306 e. The maximum Gasteiger partial charge on any atom is 0.306 e. The van der Waals surface area contributed by atoms with Crippen molar-refractivity contribution >= 4 is 17.9 Å². The molecule has 0 bridgehead atoms. The van der Waals surface area contributed by atoms with Crippen LogP contribution in [0.2, 0.25) is 0 Å². The number of hydrogen-bond donors (Lipinski definition) is 0. The van der Waals surface area contributed by atoms with Crippen molar-refractivity contribution in [1.29, 1.82) is 0 Å². The van der Waals surface area contributed by atoms with Crippen molar-refractivity contribution in [3.05, 3.63) is 0 Å². The van der Waals surface area contributed by atoms with Crippen LogP contribution in [0.25, 0.3) is 0 Å². The van der Waals surface area contributed by atoms with E-state index in [1.54, 1.807) is 0 Å². The van der Waals surface area contributed by atoms with Gasteiger partial charge in [-0.3, -0.25) is 14.4 Å². The summed E-state index contributed by atoms with van der Waals surface area (Å²) >= 11 is 0. The van der Waals surface area contributed by atoms with Crippen molar-refractivity contribution in [1.82, 2.24) is 0 Å². The Morgan fingerprint density at radius 2 is 0.508 bits per heavy atom. The molecule has 6 heteroatoms. The molecule has 65 heavy (non-hydrogen) atoms. The van der Waals surface area contributed by atoms with E-state index < -0.39 is 6.10 Å². The van der Waals surface area contributed by atoms with E-state index in [1.807, 2.05) is 0 Å². The fourth-order valence-corrected chi connectivity index (χ4v) is 9.05. The maximum absolute atomic E-state index is 12.8. The van der Waals surface area contributed by atoms with Gasteiger partial charge in [0.15, 0.2) is 6.10 Å². The number of carbonyl (C=O) groups excluding carboxylic acids is 3. The van der Waals surface area contributed by atoms with Gasteiger partial charge in [-0.25, -0.2) is 0 Å². The fraction of sp³-hybridized carbons (Fsp3) is 0.949. The van der Waals surface area contributed by atoms with Gasteiger partial charge in [0, 0.05) is 19.3 Å². The number of hydrogen-bond acceptors (Lipinski definition) is 6. The van der Waals surface area contributed by atoms with Gasteiger partial charge in [0.05, 0.1) is 0 Å². The number of esters is 3. The van der Waals surface area contributed by atoms with Gasteiger partial charge < -0.3 is 14.2 Å². The van der Waals surface area contributed by atoms with Crippen molar-refractivity contribution in [2.75, 3.05) is 13.2 Å². The molecule has 0 saturated carbocycles. The molecule has 0 aliphatic heterocycles. The minimum atomic E-state index is -0.762. The van der Waals surface area contributed by atoms with E-state index >= 15 is 0 Å². The monoisotopic (exact) mass is 919 g/mol. The summed E-state index contributed by atoms with van der Waals surface area (Å²) in [5.74, 6) is 0.845. The van der Waals surface area contributed by atoms with Crippen LogP contribution in [0.5, 0.6) is 0 Å². The van der Waals surface area contributed by atoms with Crippen LogP contribution in [-0.2, 0) is 28.6 Å². The molecule has 0 aromatic heterocycles. The Morgan fingerprint density at radius 1 is 0.292 bits per heavy atom. The zero-order valence-electron chi connectivity index (χ0n) is 44.6. The first-order valence-electron chi connectivity index (χ1n) is 29.2. The first-order valence-corrected chi connectivity index (χ1v) is 29.2. The number of carbonyl (C=O) groups is 3. The molecule has 6 nitrogen and oxygen atoms in total. The van der Waals surface area contributed by atoms with E-state index in [4.69, 9.17) is 14.2 Å². The fourth-order valence-electron chi connectivity index (χ4n) is 9.05. The lowest BCUT2D eigenvalue weighted by Crippen LogP contribution is -2.30. The summed E-state index contributed by atoms with van der Waals surface area (Å²) in [5.41, 5.74) is 0. The number of rotatable bonds is 53. The topological polar surface area (TPSA) is 78.9 Å². The lowest BCUT2D eigenvalue weighted by atomic mass is 10.0. The van der Waals surface area contributed by atoms with Crippen LogP contribution in [0.4, 0.5) is 0 Å². The predicted molar refractivity (Wildman–Crippen MR) is 280 cm³/mol. The van der Waals surface area contributed by atoms with E-state index in [2.05, 4.69) is 34.6 Å².